The van der Waals surface area contributed by atoms with Gasteiger partial charge in [0.2, 0.25) is 16.6 Å². The van der Waals surface area contributed by atoms with Gasteiger partial charge in [-0.1, -0.05) is 53.7 Å². The molecular weight excluding hydrogens is 675 g/mol. The van der Waals surface area contributed by atoms with E-state index < -0.39 is 16.6 Å². The molecule has 0 unspecified atom stereocenters. The van der Waals surface area contributed by atoms with Crippen LogP contribution in [0.1, 0.15) is 70.8 Å². The largest absolute Gasteiger partial charge is 0.543 e. The molecule has 3 aliphatic heterocycles. The molecule has 3 aliphatic rings. The van der Waals surface area contributed by atoms with Gasteiger partial charge in [0, 0.05) is 72.0 Å². The van der Waals surface area contributed by atoms with Crippen LogP contribution in [-0.4, -0.2) is 65.9 Å². The lowest BCUT2D eigenvalue weighted by atomic mass is 9.84. The van der Waals surface area contributed by atoms with Crippen molar-refractivity contribution in [2.24, 2.45) is 0 Å². The van der Waals surface area contributed by atoms with Crippen LogP contribution in [0.5, 0.6) is 28.7 Å². The van der Waals surface area contributed by atoms with Crippen LogP contribution in [0, 0.1) is 0 Å². The predicted molar refractivity (Wildman–Crippen MR) is 215 cm³/mol. The van der Waals surface area contributed by atoms with Gasteiger partial charge in [-0.05, 0) is 78.2 Å². The van der Waals surface area contributed by atoms with Crippen molar-refractivity contribution in [1.82, 2.24) is 4.90 Å². The van der Waals surface area contributed by atoms with Gasteiger partial charge in [0.15, 0.2) is 6.10 Å². The van der Waals surface area contributed by atoms with Crippen LogP contribution in [0.15, 0.2) is 60.7 Å². The zero-order valence-corrected chi connectivity index (χ0v) is 34.7. The molecule has 6 rings (SSSR count). The highest BCUT2D eigenvalue weighted by Crippen LogP contribution is 2.53. The maximum Gasteiger partial charge on any atom is 0.250 e. The van der Waals surface area contributed by atoms with Gasteiger partial charge in [-0.3, -0.25) is 4.90 Å². The summed E-state index contributed by atoms with van der Waals surface area (Å²) in [6.45, 7) is 27.2. The Morgan fingerprint density at radius 1 is 0.760 bits per heavy atom. The van der Waals surface area contributed by atoms with E-state index in [0.717, 1.165) is 77.1 Å². The molecule has 3 aromatic rings. The fourth-order valence-electron chi connectivity index (χ4n) is 6.16. The summed E-state index contributed by atoms with van der Waals surface area (Å²) in [6.07, 6.45) is 0.415. The second-order valence-electron chi connectivity index (χ2n) is 16.9. The van der Waals surface area contributed by atoms with E-state index >= 15 is 0 Å². The molecule has 270 valence electrons. The molecule has 50 heavy (non-hydrogen) atoms. The van der Waals surface area contributed by atoms with Gasteiger partial charge in [-0.15, -0.1) is 0 Å². The molecule has 9 heteroatoms. The number of nitrogens with zero attached hydrogens (tertiary/aromatic N) is 1. The number of rotatable bonds is 9. The second-order valence-corrected chi connectivity index (χ2v) is 27.6. The zero-order valence-electron chi connectivity index (χ0n) is 31.9. The SMILES string of the molecule is CC(C)(C)[Si](C)(C)Oc1ccc2c(c1)O[C@H](c1cccc(OCCN3CCSCC3)c1)C1=C2CCOc2cc(O[Si](C)(C)C(C)(C)C)ccc21. The first-order chi connectivity index (χ1) is 23.5. The van der Waals surface area contributed by atoms with Crippen molar-refractivity contribution in [3.63, 3.8) is 0 Å². The lowest BCUT2D eigenvalue weighted by Gasteiger charge is -2.37. The standard InChI is InChI=1S/C41H57NO5SSi2/c1-40(2,3)49(7,8)46-31-15-17-35-36(27-31)44-22-18-34-33-16-14-32(47-50(9,10)41(4,5)6)28-37(33)45-39(38(34)35)29-12-11-13-30(26-29)43-23-19-42-20-24-48-25-21-42/h11-17,26-28,39H,18-25H2,1-10H3/t39-/m1/s1. The van der Waals surface area contributed by atoms with Crippen LogP contribution in [-0.2, 0) is 0 Å². The average Bonchev–Trinajstić information content (AvgIpc) is 3.23. The van der Waals surface area contributed by atoms with Crippen LogP contribution in [0.25, 0.3) is 11.1 Å². The van der Waals surface area contributed by atoms with Gasteiger partial charge in [0.05, 0.1) is 6.61 Å². The summed E-state index contributed by atoms with van der Waals surface area (Å²) < 4.78 is 33.5. The summed E-state index contributed by atoms with van der Waals surface area (Å²) in [5.41, 5.74) is 5.60. The number of hydrogen-bond acceptors (Lipinski definition) is 7. The predicted octanol–water partition coefficient (Wildman–Crippen LogP) is 10.7. The maximum atomic E-state index is 7.08. The monoisotopic (exact) mass is 731 g/mol. The van der Waals surface area contributed by atoms with E-state index in [9.17, 15) is 0 Å². The number of fused-ring (bicyclic) bond motifs is 4. The third-order valence-corrected chi connectivity index (χ3v) is 20.9. The molecule has 3 aromatic carbocycles. The quantitative estimate of drug-likeness (QED) is 0.203. The first-order valence-electron chi connectivity index (χ1n) is 18.2. The van der Waals surface area contributed by atoms with Crippen LogP contribution in [0.2, 0.25) is 36.3 Å². The van der Waals surface area contributed by atoms with E-state index in [2.05, 4.69) is 133 Å². The minimum Gasteiger partial charge on any atom is -0.543 e. The Kier molecular flexibility index (Phi) is 10.5. The fraction of sp³-hybridized carbons (Fsp3) is 0.512. The minimum atomic E-state index is -2.05. The Labute approximate surface area is 307 Å². The molecular formula is C41H57NO5SSi2. The highest BCUT2D eigenvalue weighted by atomic mass is 32.2. The van der Waals surface area contributed by atoms with Gasteiger partial charge in [-0.25, -0.2) is 0 Å². The Hall–Kier alpha value is -2.86. The van der Waals surface area contributed by atoms with Gasteiger partial charge < -0.3 is 23.1 Å². The lowest BCUT2D eigenvalue weighted by molar-refractivity contribution is 0.221. The molecule has 1 fully saturated rings. The summed E-state index contributed by atoms with van der Waals surface area (Å²) in [5.74, 6) is 6.68. The third-order valence-electron chi connectivity index (χ3n) is 11.3. The summed E-state index contributed by atoms with van der Waals surface area (Å²) >= 11 is 2.03. The van der Waals surface area contributed by atoms with Crippen LogP contribution in [0.4, 0.5) is 0 Å². The Bertz CT molecular complexity index is 1720. The van der Waals surface area contributed by atoms with Gasteiger partial charge >= 0.3 is 0 Å². The smallest absolute Gasteiger partial charge is 0.250 e. The van der Waals surface area contributed by atoms with E-state index in [1.807, 2.05) is 11.8 Å². The average molecular weight is 732 g/mol. The molecule has 0 amide bonds. The molecule has 0 saturated carbocycles. The number of benzene rings is 3. The maximum absolute atomic E-state index is 7.08. The van der Waals surface area contributed by atoms with Crippen LogP contribution >= 0.6 is 11.8 Å². The van der Waals surface area contributed by atoms with E-state index in [1.54, 1.807) is 0 Å². The van der Waals surface area contributed by atoms with E-state index in [-0.39, 0.29) is 16.2 Å². The van der Waals surface area contributed by atoms with E-state index in [0.29, 0.717) is 13.2 Å². The van der Waals surface area contributed by atoms with Crippen LogP contribution in [0.3, 0.4) is 0 Å². The molecule has 0 aliphatic carbocycles. The molecule has 6 nitrogen and oxygen atoms in total. The van der Waals surface area contributed by atoms with Gasteiger partial charge in [0.1, 0.15) is 35.4 Å². The van der Waals surface area contributed by atoms with E-state index in [4.69, 9.17) is 23.1 Å². The molecule has 0 bridgehead atoms. The zero-order chi connectivity index (χ0) is 35.9. The summed E-state index contributed by atoms with van der Waals surface area (Å²) in [5, 5.41) is 0.181. The Balaban J connectivity index is 1.38. The van der Waals surface area contributed by atoms with Gasteiger partial charge in [0.25, 0.3) is 0 Å². The molecule has 0 aromatic heterocycles. The first-order valence-corrected chi connectivity index (χ1v) is 25.2. The molecule has 3 heterocycles. The van der Waals surface area contributed by atoms with Crippen LogP contribution < -0.4 is 23.1 Å². The fourth-order valence-corrected chi connectivity index (χ4v) is 9.18. The van der Waals surface area contributed by atoms with Crippen molar-refractivity contribution < 1.29 is 23.1 Å². The summed E-state index contributed by atoms with van der Waals surface area (Å²) in [7, 11) is -4.08. The molecule has 1 atom stereocenters. The molecule has 0 N–H and O–H groups in total. The summed E-state index contributed by atoms with van der Waals surface area (Å²) in [6, 6.07) is 21.2. The van der Waals surface area contributed by atoms with Crippen molar-refractivity contribution in [3.8, 4) is 28.7 Å². The minimum absolute atomic E-state index is 0.0882. The molecule has 0 spiro atoms. The third kappa shape index (κ3) is 7.96. The summed E-state index contributed by atoms with van der Waals surface area (Å²) in [4.78, 5) is 2.49. The number of thioether (sulfide) groups is 1. The Morgan fingerprint density at radius 3 is 2.02 bits per heavy atom. The van der Waals surface area contributed by atoms with Crippen molar-refractivity contribution in [1.29, 1.82) is 0 Å². The lowest BCUT2D eigenvalue weighted by Crippen LogP contribution is -2.43. The second kappa shape index (κ2) is 14.3. The number of ether oxygens (including phenoxy) is 3. The van der Waals surface area contributed by atoms with Gasteiger partial charge in [-0.2, -0.15) is 11.8 Å². The van der Waals surface area contributed by atoms with Crippen molar-refractivity contribution in [3.05, 3.63) is 77.4 Å². The first kappa shape index (κ1) is 36.9. The normalized spacial score (nSPS) is 18.6. The number of hydrogen-bond donors (Lipinski definition) is 0. The van der Waals surface area contributed by atoms with Crippen molar-refractivity contribution >= 4 is 39.5 Å². The van der Waals surface area contributed by atoms with E-state index in [1.165, 1.54) is 17.1 Å². The van der Waals surface area contributed by atoms with Crippen molar-refractivity contribution in [2.75, 3.05) is 44.4 Å². The van der Waals surface area contributed by atoms with Crippen molar-refractivity contribution in [2.45, 2.75) is 90.3 Å². The Morgan fingerprint density at radius 2 is 1.38 bits per heavy atom. The molecule has 1 saturated heterocycles. The highest BCUT2D eigenvalue weighted by Gasteiger charge is 2.41. The highest BCUT2D eigenvalue weighted by molar-refractivity contribution is 7.99. The topological polar surface area (TPSA) is 49.4 Å². The molecule has 0 radical (unpaired) electrons.